The van der Waals surface area contributed by atoms with E-state index < -0.39 is 0 Å². The second-order valence-electron chi connectivity index (χ2n) is 6.49. The van der Waals surface area contributed by atoms with Crippen LogP contribution in [0.4, 0.5) is 0 Å². The van der Waals surface area contributed by atoms with E-state index in [-0.39, 0.29) is 0 Å². The summed E-state index contributed by atoms with van der Waals surface area (Å²) in [5.41, 5.74) is 4.02. The lowest BCUT2D eigenvalue weighted by Crippen LogP contribution is -1.97. The molecule has 0 aromatic heterocycles. The number of nitrogens with zero attached hydrogens (tertiary/aromatic N) is 2. The first-order chi connectivity index (χ1) is 12.7. The van der Waals surface area contributed by atoms with Crippen molar-refractivity contribution < 1.29 is 0 Å². The van der Waals surface area contributed by atoms with Crippen LogP contribution in [0, 0.1) is 0 Å². The average Bonchev–Trinajstić information content (AvgIpc) is 2.71. The van der Waals surface area contributed by atoms with Crippen molar-refractivity contribution >= 4 is 33.0 Å². The summed E-state index contributed by atoms with van der Waals surface area (Å²) in [5, 5.41) is 13.8. The highest BCUT2D eigenvalue weighted by Gasteiger charge is 2.02. The molecule has 4 aromatic rings. The summed E-state index contributed by atoms with van der Waals surface area (Å²) in [6.07, 6.45) is 0. The largest absolute Gasteiger partial charge is 0.155 e. The minimum absolute atomic E-state index is 0.913. The molecule has 0 amide bonds. The fourth-order valence-electron chi connectivity index (χ4n) is 3.09. The highest BCUT2D eigenvalue weighted by atomic mass is 15.2. The molecule has 0 fully saturated rings. The Balaban J connectivity index is 1.64. The maximum absolute atomic E-state index is 4.46. The van der Waals surface area contributed by atoms with Gasteiger partial charge in [0.05, 0.1) is 11.4 Å². The predicted molar refractivity (Wildman–Crippen MR) is 112 cm³/mol. The summed E-state index contributed by atoms with van der Waals surface area (Å²) in [7, 11) is 0. The highest BCUT2D eigenvalue weighted by Crippen LogP contribution is 2.18. The second-order valence-corrected chi connectivity index (χ2v) is 6.49. The summed E-state index contributed by atoms with van der Waals surface area (Å²) >= 11 is 0. The van der Waals surface area contributed by atoms with Gasteiger partial charge in [-0.2, -0.15) is 10.2 Å². The van der Waals surface area contributed by atoms with Crippen molar-refractivity contribution in [2.75, 3.05) is 0 Å². The summed E-state index contributed by atoms with van der Waals surface area (Å²) < 4.78 is 0. The smallest absolute Gasteiger partial charge is 0.0672 e. The molecule has 126 valence electrons. The molecule has 2 heteroatoms. The van der Waals surface area contributed by atoms with E-state index >= 15 is 0 Å². The average molecular weight is 336 g/mol. The predicted octanol–water partition coefficient (Wildman–Crippen LogP) is 6.23. The fourth-order valence-corrected chi connectivity index (χ4v) is 3.09. The molecule has 0 bridgehead atoms. The summed E-state index contributed by atoms with van der Waals surface area (Å²) in [6.45, 7) is 4.00. The van der Waals surface area contributed by atoms with Crippen molar-refractivity contribution in [3.63, 3.8) is 0 Å². The molecular formula is C24H20N2. The molecule has 0 aliphatic rings. The van der Waals surface area contributed by atoms with E-state index in [0.29, 0.717) is 0 Å². The lowest BCUT2D eigenvalue weighted by Gasteiger charge is -2.04. The molecular weight excluding hydrogens is 316 g/mol. The van der Waals surface area contributed by atoms with Gasteiger partial charge in [0, 0.05) is 0 Å². The van der Waals surface area contributed by atoms with Gasteiger partial charge in [-0.25, -0.2) is 0 Å². The van der Waals surface area contributed by atoms with Gasteiger partial charge in [0.25, 0.3) is 0 Å². The normalized spacial score (nSPS) is 12.7. The Morgan fingerprint density at radius 2 is 0.885 bits per heavy atom. The molecule has 0 heterocycles. The summed E-state index contributed by atoms with van der Waals surface area (Å²) in [5.74, 6) is 0. The first-order valence-corrected chi connectivity index (χ1v) is 8.78. The molecule has 0 unspecified atom stereocenters. The zero-order chi connectivity index (χ0) is 17.9. The fraction of sp³-hybridized carbons (Fsp3) is 0.0833. The van der Waals surface area contributed by atoms with Gasteiger partial charge < -0.3 is 0 Å². The molecule has 0 spiro atoms. The third-order valence-corrected chi connectivity index (χ3v) is 4.68. The summed E-state index contributed by atoms with van der Waals surface area (Å²) in [6, 6.07) is 29.5. The van der Waals surface area contributed by atoms with Gasteiger partial charge in [0.1, 0.15) is 0 Å². The van der Waals surface area contributed by atoms with Crippen LogP contribution < -0.4 is 0 Å². The van der Waals surface area contributed by atoms with Gasteiger partial charge in [-0.05, 0) is 58.7 Å². The molecule has 0 N–H and O–H groups in total. The molecule has 0 atom stereocenters. The van der Waals surface area contributed by atoms with E-state index in [0.717, 1.165) is 22.6 Å². The van der Waals surface area contributed by atoms with E-state index in [1.165, 1.54) is 21.5 Å². The van der Waals surface area contributed by atoms with Gasteiger partial charge in [-0.1, -0.05) is 72.8 Å². The molecule has 0 aliphatic carbocycles. The minimum atomic E-state index is 0.913. The van der Waals surface area contributed by atoms with E-state index in [1.54, 1.807) is 0 Å². The van der Waals surface area contributed by atoms with Crippen LogP contribution in [0.5, 0.6) is 0 Å². The first kappa shape index (κ1) is 16.2. The molecule has 2 nitrogen and oxygen atoms in total. The minimum Gasteiger partial charge on any atom is -0.155 e. The molecule has 4 rings (SSSR count). The Kier molecular flexibility index (Phi) is 4.32. The van der Waals surface area contributed by atoms with Crippen molar-refractivity contribution in [2.24, 2.45) is 10.2 Å². The SMILES string of the molecule is CC(=NN=C(C)c1ccc2ccccc2c1)c1ccc2ccccc2c1. The standard InChI is InChI=1S/C24H20N2/c1-17(21-13-11-19-7-3-5-9-23(19)15-21)25-26-18(2)22-14-12-20-8-4-6-10-24(20)16-22/h3-16H,1-2H3. The van der Waals surface area contributed by atoms with Crippen LogP contribution in [-0.2, 0) is 0 Å². The van der Waals surface area contributed by atoms with Crippen molar-refractivity contribution in [2.45, 2.75) is 13.8 Å². The van der Waals surface area contributed by atoms with Gasteiger partial charge >= 0.3 is 0 Å². The third kappa shape index (κ3) is 3.27. The molecule has 0 saturated carbocycles. The van der Waals surface area contributed by atoms with Gasteiger partial charge in [-0.15, -0.1) is 0 Å². The van der Waals surface area contributed by atoms with Gasteiger partial charge in [0.2, 0.25) is 0 Å². The van der Waals surface area contributed by atoms with E-state index in [1.807, 2.05) is 13.8 Å². The molecule has 0 aliphatic heterocycles. The third-order valence-electron chi connectivity index (χ3n) is 4.68. The van der Waals surface area contributed by atoms with Crippen LogP contribution in [0.25, 0.3) is 21.5 Å². The molecule has 4 aromatic carbocycles. The maximum Gasteiger partial charge on any atom is 0.0672 e. The van der Waals surface area contributed by atoms with Crippen LogP contribution in [0.3, 0.4) is 0 Å². The molecule has 0 radical (unpaired) electrons. The van der Waals surface area contributed by atoms with Crippen molar-refractivity contribution in [3.8, 4) is 0 Å². The monoisotopic (exact) mass is 336 g/mol. The lowest BCUT2D eigenvalue weighted by atomic mass is 10.0. The van der Waals surface area contributed by atoms with Crippen molar-refractivity contribution in [1.29, 1.82) is 0 Å². The van der Waals surface area contributed by atoms with E-state index in [9.17, 15) is 0 Å². The molecule has 0 saturated heterocycles. The first-order valence-electron chi connectivity index (χ1n) is 8.78. The van der Waals surface area contributed by atoms with Crippen molar-refractivity contribution in [1.82, 2.24) is 0 Å². The topological polar surface area (TPSA) is 24.7 Å². The molecule has 26 heavy (non-hydrogen) atoms. The van der Waals surface area contributed by atoms with Gasteiger partial charge in [0.15, 0.2) is 0 Å². The van der Waals surface area contributed by atoms with Crippen LogP contribution in [0.1, 0.15) is 25.0 Å². The van der Waals surface area contributed by atoms with Gasteiger partial charge in [-0.3, -0.25) is 0 Å². The summed E-state index contributed by atoms with van der Waals surface area (Å²) in [4.78, 5) is 0. The zero-order valence-corrected chi connectivity index (χ0v) is 15.0. The number of rotatable bonds is 3. The zero-order valence-electron chi connectivity index (χ0n) is 15.0. The van der Waals surface area contributed by atoms with Crippen LogP contribution in [-0.4, -0.2) is 11.4 Å². The van der Waals surface area contributed by atoms with Crippen LogP contribution >= 0.6 is 0 Å². The highest BCUT2D eigenvalue weighted by molar-refractivity contribution is 6.04. The maximum atomic E-state index is 4.46. The Morgan fingerprint density at radius 3 is 1.31 bits per heavy atom. The number of hydrogen-bond donors (Lipinski definition) is 0. The Bertz CT molecular complexity index is 1060. The number of hydrogen-bond acceptors (Lipinski definition) is 2. The lowest BCUT2D eigenvalue weighted by molar-refractivity contribution is 1.22. The number of fused-ring (bicyclic) bond motifs is 2. The Labute approximate surface area is 153 Å². The van der Waals surface area contributed by atoms with E-state index in [2.05, 4.69) is 95.1 Å². The quantitative estimate of drug-likeness (QED) is 0.313. The Hall–Kier alpha value is -3.26. The number of benzene rings is 4. The van der Waals surface area contributed by atoms with Crippen molar-refractivity contribution in [3.05, 3.63) is 96.1 Å². The second kappa shape index (κ2) is 6.93. The van der Waals surface area contributed by atoms with Crippen LogP contribution in [0.2, 0.25) is 0 Å². The van der Waals surface area contributed by atoms with E-state index in [4.69, 9.17) is 0 Å². The van der Waals surface area contributed by atoms with Crippen LogP contribution in [0.15, 0.2) is 95.1 Å². The Morgan fingerprint density at radius 1 is 0.500 bits per heavy atom.